The molecule has 0 aromatic rings. The smallest absolute Gasteiger partial charge is 0.136 e. The predicted octanol–water partition coefficient (Wildman–Crippen LogP) is 1.58. The van der Waals surface area contributed by atoms with Gasteiger partial charge in [-0.25, -0.2) is 0 Å². The lowest BCUT2D eigenvalue weighted by molar-refractivity contribution is -0.123. The SMILES string of the molecule is O=CC[C@H]1C(=O)C[C@@H]2CCC[C@@H]21. The van der Waals surface area contributed by atoms with Gasteiger partial charge in [0.2, 0.25) is 0 Å². The number of hydrogen-bond donors (Lipinski definition) is 0. The molecule has 0 aliphatic heterocycles. The van der Waals surface area contributed by atoms with Gasteiger partial charge in [0.25, 0.3) is 0 Å². The minimum atomic E-state index is 0.0926. The van der Waals surface area contributed by atoms with Crippen molar-refractivity contribution < 1.29 is 9.59 Å². The molecule has 2 heteroatoms. The van der Waals surface area contributed by atoms with Crippen LogP contribution in [0.25, 0.3) is 0 Å². The monoisotopic (exact) mass is 166 g/mol. The van der Waals surface area contributed by atoms with Crippen molar-refractivity contribution in [1.29, 1.82) is 0 Å². The fourth-order valence-electron chi connectivity index (χ4n) is 2.91. The van der Waals surface area contributed by atoms with Gasteiger partial charge in [-0.1, -0.05) is 6.42 Å². The lowest BCUT2D eigenvalue weighted by Crippen LogP contribution is -2.14. The van der Waals surface area contributed by atoms with E-state index in [1.807, 2.05) is 0 Å². The maximum absolute atomic E-state index is 11.4. The van der Waals surface area contributed by atoms with Gasteiger partial charge in [0.15, 0.2) is 0 Å². The first-order valence-electron chi connectivity index (χ1n) is 4.79. The summed E-state index contributed by atoms with van der Waals surface area (Å²) < 4.78 is 0. The Bertz CT molecular complexity index is 210. The van der Waals surface area contributed by atoms with Crippen LogP contribution in [0.5, 0.6) is 0 Å². The van der Waals surface area contributed by atoms with Crippen LogP contribution in [0, 0.1) is 17.8 Å². The Morgan fingerprint density at radius 1 is 1.42 bits per heavy atom. The Morgan fingerprint density at radius 3 is 3.00 bits per heavy atom. The largest absolute Gasteiger partial charge is 0.303 e. The van der Waals surface area contributed by atoms with Crippen LogP contribution in [0.3, 0.4) is 0 Å². The molecule has 2 nitrogen and oxygen atoms in total. The van der Waals surface area contributed by atoms with Crippen molar-refractivity contribution >= 4 is 12.1 Å². The van der Waals surface area contributed by atoms with E-state index in [-0.39, 0.29) is 5.92 Å². The van der Waals surface area contributed by atoms with Crippen LogP contribution >= 0.6 is 0 Å². The van der Waals surface area contributed by atoms with Gasteiger partial charge in [0.1, 0.15) is 12.1 Å². The van der Waals surface area contributed by atoms with Crippen LogP contribution in [0.15, 0.2) is 0 Å². The van der Waals surface area contributed by atoms with E-state index in [0.29, 0.717) is 24.0 Å². The second-order valence-electron chi connectivity index (χ2n) is 4.03. The van der Waals surface area contributed by atoms with Crippen LogP contribution in [-0.2, 0) is 9.59 Å². The Balaban J connectivity index is 2.10. The summed E-state index contributed by atoms with van der Waals surface area (Å²) in [6, 6.07) is 0. The van der Waals surface area contributed by atoms with Gasteiger partial charge < -0.3 is 4.79 Å². The average Bonchev–Trinajstić information content (AvgIpc) is 2.56. The number of ketones is 1. The molecule has 0 heterocycles. The molecule has 2 aliphatic carbocycles. The summed E-state index contributed by atoms with van der Waals surface area (Å²) >= 11 is 0. The van der Waals surface area contributed by atoms with E-state index in [1.165, 1.54) is 19.3 Å². The van der Waals surface area contributed by atoms with Gasteiger partial charge in [-0.05, 0) is 24.7 Å². The van der Waals surface area contributed by atoms with E-state index in [1.54, 1.807) is 0 Å². The van der Waals surface area contributed by atoms with Crippen molar-refractivity contribution in [3.8, 4) is 0 Å². The fraction of sp³-hybridized carbons (Fsp3) is 0.800. The summed E-state index contributed by atoms with van der Waals surface area (Å²) in [4.78, 5) is 21.8. The Morgan fingerprint density at radius 2 is 2.25 bits per heavy atom. The van der Waals surface area contributed by atoms with Gasteiger partial charge in [-0.3, -0.25) is 4.79 Å². The standard InChI is InChI=1S/C10H14O2/c11-5-4-9-8-3-1-2-7(8)6-10(9)12/h5,7-9H,1-4,6H2/t7-,8-,9+/m0/s1. The molecule has 2 rings (SSSR count). The summed E-state index contributed by atoms with van der Waals surface area (Å²) in [5.41, 5.74) is 0. The molecule has 12 heavy (non-hydrogen) atoms. The molecule has 0 aromatic carbocycles. The highest BCUT2D eigenvalue weighted by Crippen LogP contribution is 2.46. The molecule has 0 N–H and O–H groups in total. The van der Waals surface area contributed by atoms with Crippen molar-refractivity contribution in [3.05, 3.63) is 0 Å². The lowest BCUT2D eigenvalue weighted by Gasteiger charge is -2.13. The molecule has 66 valence electrons. The van der Waals surface area contributed by atoms with E-state index < -0.39 is 0 Å². The number of carbonyl (C=O) groups is 2. The second kappa shape index (κ2) is 3.00. The highest BCUT2D eigenvalue weighted by molar-refractivity contribution is 5.85. The first-order valence-corrected chi connectivity index (χ1v) is 4.79. The van der Waals surface area contributed by atoms with Crippen molar-refractivity contribution in [3.63, 3.8) is 0 Å². The van der Waals surface area contributed by atoms with Crippen LogP contribution in [-0.4, -0.2) is 12.1 Å². The molecule has 2 aliphatic rings. The summed E-state index contributed by atoms with van der Waals surface area (Å²) in [7, 11) is 0. The van der Waals surface area contributed by atoms with E-state index in [4.69, 9.17) is 0 Å². The molecule has 0 bridgehead atoms. The third kappa shape index (κ3) is 1.10. The summed E-state index contributed by atoms with van der Waals surface area (Å²) in [6.45, 7) is 0. The molecular weight excluding hydrogens is 152 g/mol. The Hall–Kier alpha value is -0.660. The number of rotatable bonds is 2. The maximum atomic E-state index is 11.4. The van der Waals surface area contributed by atoms with Gasteiger partial charge in [-0.2, -0.15) is 0 Å². The molecule has 0 unspecified atom stereocenters. The number of aldehydes is 1. The quantitative estimate of drug-likeness (QED) is 0.584. The zero-order valence-corrected chi connectivity index (χ0v) is 7.16. The first kappa shape index (κ1) is 7.96. The van der Waals surface area contributed by atoms with Gasteiger partial charge in [-0.15, -0.1) is 0 Å². The number of fused-ring (bicyclic) bond motifs is 1. The van der Waals surface area contributed by atoms with Crippen molar-refractivity contribution in [2.75, 3.05) is 0 Å². The molecule has 0 amide bonds. The summed E-state index contributed by atoms with van der Waals surface area (Å²) in [5, 5.41) is 0. The van der Waals surface area contributed by atoms with Crippen LogP contribution in [0.2, 0.25) is 0 Å². The third-order valence-electron chi connectivity index (χ3n) is 3.46. The molecule has 0 aromatic heterocycles. The third-order valence-corrected chi connectivity index (χ3v) is 3.46. The Labute approximate surface area is 72.3 Å². The minimum Gasteiger partial charge on any atom is -0.303 e. The predicted molar refractivity (Wildman–Crippen MR) is 44.6 cm³/mol. The van der Waals surface area contributed by atoms with Gasteiger partial charge in [0, 0.05) is 18.8 Å². The maximum Gasteiger partial charge on any atom is 0.136 e. The molecule has 2 saturated carbocycles. The summed E-state index contributed by atoms with van der Waals surface area (Å²) in [6.07, 6.45) is 5.78. The lowest BCUT2D eigenvalue weighted by atomic mass is 9.90. The van der Waals surface area contributed by atoms with E-state index >= 15 is 0 Å². The van der Waals surface area contributed by atoms with Crippen LogP contribution < -0.4 is 0 Å². The highest BCUT2D eigenvalue weighted by atomic mass is 16.1. The van der Waals surface area contributed by atoms with Crippen molar-refractivity contribution in [2.45, 2.75) is 32.1 Å². The molecule has 0 saturated heterocycles. The number of hydrogen-bond acceptors (Lipinski definition) is 2. The summed E-state index contributed by atoms with van der Waals surface area (Å²) in [5.74, 6) is 1.62. The average molecular weight is 166 g/mol. The Kier molecular flexibility index (Phi) is 1.99. The van der Waals surface area contributed by atoms with Crippen molar-refractivity contribution in [1.82, 2.24) is 0 Å². The second-order valence-corrected chi connectivity index (χ2v) is 4.03. The van der Waals surface area contributed by atoms with E-state index in [0.717, 1.165) is 12.7 Å². The zero-order chi connectivity index (χ0) is 8.55. The van der Waals surface area contributed by atoms with Crippen LogP contribution in [0.4, 0.5) is 0 Å². The van der Waals surface area contributed by atoms with Gasteiger partial charge >= 0.3 is 0 Å². The van der Waals surface area contributed by atoms with E-state index in [2.05, 4.69) is 0 Å². The minimum absolute atomic E-state index is 0.0926. The normalized spacial score (nSPS) is 40.0. The first-order chi connectivity index (χ1) is 5.83. The molecule has 0 radical (unpaired) electrons. The number of carbonyl (C=O) groups excluding carboxylic acids is 2. The van der Waals surface area contributed by atoms with E-state index in [9.17, 15) is 9.59 Å². The van der Waals surface area contributed by atoms with Crippen LogP contribution in [0.1, 0.15) is 32.1 Å². The topological polar surface area (TPSA) is 34.1 Å². The molecule has 0 spiro atoms. The molecular formula is C10H14O2. The molecule has 3 atom stereocenters. The van der Waals surface area contributed by atoms with Gasteiger partial charge in [0.05, 0.1) is 0 Å². The molecule has 2 fully saturated rings. The highest BCUT2D eigenvalue weighted by Gasteiger charge is 2.43. The fourth-order valence-corrected chi connectivity index (χ4v) is 2.91. The zero-order valence-electron chi connectivity index (χ0n) is 7.16. The van der Waals surface area contributed by atoms with Crippen molar-refractivity contribution in [2.24, 2.45) is 17.8 Å². The number of Topliss-reactive ketones (excluding diaryl/α,β-unsaturated/α-hetero) is 1.